The van der Waals surface area contributed by atoms with Crippen molar-refractivity contribution in [1.82, 2.24) is 0 Å². The molecule has 0 N–H and O–H groups in total. The molecule has 2 aromatic heterocycles. The van der Waals surface area contributed by atoms with E-state index in [4.69, 9.17) is 32.5 Å². The van der Waals surface area contributed by atoms with E-state index in [1.165, 1.54) is 12.1 Å². The Bertz CT molecular complexity index is 1670. The van der Waals surface area contributed by atoms with E-state index in [1.54, 1.807) is 38.1 Å². The molecule has 0 atom stereocenters. The normalized spacial score (nSPS) is 11.0. The lowest BCUT2D eigenvalue weighted by Gasteiger charge is -2.20. The summed E-state index contributed by atoms with van der Waals surface area (Å²) in [7, 11) is 0. The Morgan fingerprint density at radius 3 is 1.64 bits per heavy atom. The summed E-state index contributed by atoms with van der Waals surface area (Å²) in [6, 6.07) is 11.3. The molecule has 0 spiro atoms. The lowest BCUT2D eigenvalue weighted by Crippen LogP contribution is -2.31. The molecular formula is C33H34O12. The van der Waals surface area contributed by atoms with Crippen molar-refractivity contribution >= 4 is 39.8 Å². The van der Waals surface area contributed by atoms with Gasteiger partial charge in [0.05, 0.1) is 13.2 Å². The highest BCUT2D eigenvalue weighted by Gasteiger charge is 2.22. The van der Waals surface area contributed by atoms with Gasteiger partial charge in [-0.3, -0.25) is 14.4 Å². The second kappa shape index (κ2) is 15.6. The van der Waals surface area contributed by atoms with Gasteiger partial charge in [0.1, 0.15) is 46.7 Å². The van der Waals surface area contributed by atoms with Crippen molar-refractivity contribution in [2.45, 2.75) is 52.6 Å². The number of rotatable bonds is 15. The van der Waals surface area contributed by atoms with Gasteiger partial charge in [-0.05, 0) is 44.5 Å². The van der Waals surface area contributed by atoms with Crippen LogP contribution in [0.15, 0.2) is 67.0 Å². The van der Waals surface area contributed by atoms with Crippen molar-refractivity contribution in [2.75, 3.05) is 26.4 Å². The Morgan fingerprint density at radius 1 is 0.711 bits per heavy atom. The van der Waals surface area contributed by atoms with Crippen LogP contribution in [0.1, 0.15) is 67.6 Å². The fourth-order valence-corrected chi connectivity index (χ4v) is 4.45. The third-order valence-corrected chi connectivity index (χ3v) is 6.52. The topological polar surface area (TPSA) is 158 Å². The predicted molar refractivity (Wildman–Crippen MR) is 162 cm³/mol. The van der Waals surface area contributed by atoms with Crippen LogP contribution in [0.2, 0.25) is 0 Å². The number of carbonyl (C=O) groups excluding carboxylic acids is 3. The molecule has 0 aliphatic carbocycles. The molecule has 0 saturated heterocycles. The Balaban J connectivity index is 1.57. The van der Waals surface area contributed by atoms with Crippen molar-refractivity contribution in [3.63, 3.8) is 0 Å². The SMILES string of the molecule is CCCCCC(=O)OC(COc1cccc2oc(C(=O)OCC)cc(=O)c12)COc1cccc2oc(C(=O)OCC)cc(=O)c12. The summed E-state index contributed by atoms with van der Waals surface area (Å²) in [6.45, 7) is 5.08. The monoisotopic (exact) mass is 622 g/mol. The average Bonchev–Trinajstić information content (AvgIpc) is 3.02. The second-order valence-corrected chi connectivity index (χ2v) is 9.84. The van der Waals surface area contributed by atoms with E-state index < -0.39 is 34.9 Å². The van der Waals surface area contributed by atoms with Crippen LogP contribution in [-0.2, 0) is 19.0 Å². The molecule has 238 valence electrons. The maximum absolute atomic E-state index is 12.9. The van der Waals surface area contributed by atoms with Gasteiger partial charge in [0.15, 0.2) is 17.0 Å². The number of ether oxygens (including phenoxy) is 5. The second-order valence-electron chi connectivity index (χ2n) is 9.84. The first-order chi connectivity index (χ1) is 21.7. The molecule has 4 aromatic rings. The van der Waals surface area contributed by atoms with Gasteiger partial charge in [0.2, 0.25) is 11.5 Å². The van der Waals surface area contributed by atoms with Gasteiger partial charge in [-0.2, -0.15) is 0 Å². The summed E-state index contributed by atoms with van der Waals surface area (Å²) in [5.74, 6) is -2.21. The van der Waals surface area contributed by atoms with Crippen LogP contribution in [0, 0.1) is 0 Å². The molecule has 45 heavy (non-hydrogen) atoms. The molecule has 0 fully saturated rings. The number of fused-ring (bicyclic) bond motifs is 2. The first-order valence-corrected chi connectivity index (χ1v) is 14.7. The fraction of sp³-hybridized carbons (Fsp3) is 0.364. The van der Waals surface area contributed by atoms with Crippen molar-refractivity contribution in [2.24, 2.45) is 0 Å². The molecule has 0 saturated carbocycles. The quantitative estimate of drug-likeness (QED) is 0.0970. The minimum absolute atomic E-state index is 0.0866. The maximum atomic E-state index is 12.9. The molecule has 0 unspecified atom stereocenters. The zero-order valence-electron chi connectivity index (χ0n) is 25.3. The lowest BCUT2D eigenvalue weighted by molar-refractivity contribution is -0.152. The van der Waals surface area contributed by atoms with Crippen LogP contribution in [0.4, 0.5) is 0 Å². The predicted octanol–water partition coefficient (Wildman–Crippen LogP) is 5.20. The van der Waals surface area contributed by atoms with Crippen molar-refractivity contribution in [1.29, 1.82) is 0 Å². The van der Waals surface area contributed by atoms with E-state index in [1.807, 2.05) is 6.92 Å². The number of benzene rings is 2. The van der Waals surface area contributed by atoms with Gasteiger partial charge in [0.25, 0.3) is 0 Å². The van der Waals surface area contributed by atoms with Gasteiger partial charge in [-0.25, -0.2) is 9.59 Å². The van der Waals surface area contributed by atoms with Crippen molar-refractivity contribution in [3.8, 4) is 11.5 Å². The molecule has 0 bridgehead atoms. The Hall–Kier alpha value is -5.13. The molecule has 0 aliphatic heterocycles. The van der Waals surface area contributed by atoms with E-state index in [0.29, 0.717) is 6.42 Å². The fourth-order valence-electron chi connectivity index (χ4n) is 4.45. The average molecular weight is 623 g/mol. The highest BCUT2D eigenvalue weighted by Crippen LogP contribution is 2.26. The summed E-state index contributed by atoms with van der Waals surface area (Å²) in [5, 5.41) is 0.173. The van der Waals surface area contributed by atoms with Crippen LogP contribution in [0.5, 0.6) is 11.5 Å². The van der Waals surface area contributed by atoms with Crippen LogP contribution in [0.25, 0.3) is 21.9 Å². The zero-order chi connectivity index (χ0) is 32.3. The summed E-state index contributed by atoms with van der Waals surface area (Å²) < 4.78 is 38.6. The first-order valence-electron chi connectivity index (χ1n) is 14.7. The number of hydrogen-bond donors (Lipinski definition) is 0. The standard InChI is InChI=1S/C33H34O12/c1-4-7-8-15-29(36)43-20(18-41-23-11-9-13-25-30(23)21(34)16-27(44-25)32(37)39-5-2)19-42-24-12-10-14-26-31(24)22(35)17-28(45-26)33(38)40-6-3/h9-14,16-17,20H,4-8,15,18-19H2,1-3H3. The largest absolute Gasteiger partial charge is 0.489 e. The molecule has 4 rings (SSSR count). The van der Waals surface area contributed by atoms with E-state index in [2.05, 4.69) is 0 Å². The summed E-state index contributed by atoms with van der Waals surface area (Å²) in [5.41, 5.74) is -0.831. The molecule has 0 radical (unpaired) electrons. The third kappa shape index (κ3) is 8.28. The van der Waals surface area contributed by atoms with Crippen LogP contribution in [0.3, 0.4) is 0 Å². The van der Waals surface area contributed by atoms with E-state index in [0.717, 1.165) is 25.0 Å². The van der Waals surface area contributed by atoms with E-state index in [9.17, 15) is 24.0 Å². The summed E-state index contributed by atoms with van der Waals surface area (Å²) in [6.07, 6.45) is 1.65. The maximum Gasteiger partial charge on any atom is 0.374 e. The van der Waals surface area contributed by atoms with E-state index in [-0.39, 0.29) is 77.8 Å². The Labute approximate surface area is 257 Å². The summed E-state index contributed by atoms with van der Waals surface area (Å²) >= 11 is 0. The van der Waals surface area contributed by atoms with Gasteiger partial charge in [0, 0.05) is 18.6 Å². The highest BCUT2D eigenvalue weighted by atomic mass is 16.6. The van der Waals surface area contributed by atoms with Crippen molar-refractivity contribution < 1.29 is 46.9 Å². The van der Waals surface area contributed by atoms with Crippen LogP contribution >= 0.6 is 0 Å². The zero-order valence-corrected chi connectivity index (χ0v) is 25.3. The molecular weight excluding hydrogens is 588 g/mol. The number of carbonyl (C=O) groups is 3. The van der Waals surface area contributed by atoms with Gasteiger partial charge < -0.3 is 32.5 Å². The smallest absolute Gasteiger partial charge is 0.374 e. The number of unbranched alkanes of at least 4 members (excludes halogenated alkanes) is 2. The van der Waals surface area contributed by atoms with Crippen LogP contribution in [-0.4, -0.2) is 50.4 Å². The first kappa shape index (κ1) is 32.8. The van der Waals surface area contributed by atoms with E-state index >= 15 is 0 Å². The molecule has 0 amide bonds. The van der Waals surface area contributed by atoms with Gasteiger partial charge >= 0.3 is 17.9 Å². The number of esters is 3. The summed E-state index contributed by atoms with van der Waals surface area (Å²) in [4.78, 5) is 62.7. The lowest BCUT2D eigenvalue weighted by atomic mass is 10.2. The molecule has 2 aromatic carbocycles. The number of hydrogen-bond acceptors (Lipinski definition) is 12. The van der Waals surface area contributed by atoms with Gasteiger partial charge in [-0.15, -0.1) is 0 Å². The van der Waals surface area contributed by atoms with Crippen LogP contribution < -0.4 is 20.3 Å². The molecule has 12 nitrogen and oxygen atoms in total. The Morgan fingerprint density at radius 2 is 1.20 bits per heavy atom. The third-order valence-electron chi connectivity index (χ3n) is 6.52. The Kier molecular flexibility index (Phi) is 11.3. The molecule has 2 heterocycles. The van der Waals surface area contributed by atoms with Crippen molar-refractivity contribution in [3.05, 3.63) is 80.5 Å². The highest BCUT2D eigenvalue weighted by molar-refractivity contribution is 5.91. The minimum atomic E-state index is -0.957. The van der Waals surface area contributed by atoms with Gasteiger partial charge in [-0.1, -0.05) is 31.9 Å². The minimum Gasteiger partial charge on any atom is -0.489 e. The molecule has 12 heteroatoms. The molecule has 0 aliphatic rings.